The Morgan fingerprint density at radius 1 is 1.47 bits per heavy atom. The number of alkyl halides is 2. The van der Waals surface area contributed by atoms with Crippen molar-refractivity contribution >= 4 is 17.4 Å². The molecule has 0 spiro atoms. The van der Waals surface area contributed by atoms with Crippen LogP contribution in [0.3, 0.4) is 0 Å². The van der Waals surface area contributed by atoms with Crippen LogP contribution in [0.15, 0.2) is 12.1 Å². The third-order valence-electron chi connectivity index (χ3n) is 1.96. The van der Waals surface area contributed by atoms with Gasteiger partial charge in [0, 0.05) is 5.56 Å². The first kappa shape index (κ1) is 11.9. The van der Waals surface area contributed by atoms with Crippen molar-refractivity contribution in [2.45, 2.75) is 13.3 Å². The minimum Gasteiger partial charge on any atom is -0.496 e. The maximum Gasteiger partial charge on any atom is 0.268 e. The second kappa shape index (κ2) is 4.57. The number of ketones is 1. The van der Waals surface area contributed by atoms with E-state index in [0.29, 0.717) is 0 Å². The molecule has 0 saturated heterocycles. The summed E-state index contributed by atoms with van der Waals surface area (Å²) in [5, 5.41) is -0.239. The van der Waals surface area contributed by atoms with Crippen LogP contribution < -0.4 is 4.74 Å². The zero-order valence-corrected chi connectivity index (χ0v) is 8.94. The Morgan fingerprint density at radius 3 is 2.47 bits per heavy atom. The Bertz CT molecular complexity index is 391. The first-order chi connectivity index (χ1) is 6.99. The van der Waals surface area contributed by atoms with Gasteiger partial charge >= 0.3 is 0 Å². The summed E-state index contributed by atoms with van der Waals surface area (Å²) in [6.45, 7) is 1.27. The van der Waals surface area contributed by atoms with Crippen LogP contribution >= 0.6 is 11.6 Å². The van der Waals surface area contributed by atoms with Gasteiger partial charge in [-0.05, 0) is 19.1 Å². The van der Waals surface area contributed by atoms with E-state index in [1.807, 2.05) is 0 Å². The molecule has 1 aromatic carbocycles. The number of hydrogen-bond acceptors (Lipinski definition) is 2. The summed E-state index contributed by atoms with van der Waals surface area (Å²) in [6, 6.07) is 2.68. The topological polar surface area (TPSA) is 26.3 Å². The van der Waals surface area contributed by atoms with Crippen molar-refractivity contribution in [1.82, 2.24) is 0 Å². The minimum atomic E-state index is -2.77. The van der Waals surface area contributed by atoms with E-state index in [2.05, 4.69) is 0 Å². The molecule has 82 valence electrons. The molecule has 0 N–H and O–H groups in total. The van der Waals surface area contributed by atoms with E-state index in [1.54, 1.807) is 0 Å². The number of halogens is 3. The Kier molecular flexibility index (Phi) is 3.63. The highest BCUT2D eigenvalue weighted by atomic mass is 35.5. The highest BCUT2D eigenvalue weighted by Crippen LogP contribution is 2.37. The SMILES string of the molecule is COc1ccc(C(C)=O)c(Cl)c1C(F)F. The van der Waals surface area contributed by atoms with Gasteiger partial charge in [-0.15, -0.1) is 0 Å². The van der Waals surface area contributed by atoms with Crippen molar-refractivity contribution < 1.29 is 18.3 Å². The maximum absolute atomic E-state index is 12.6. The average molecular weight is 235 g/mol. The van der Waals surface area contributed by atoms with Crippen molar-refractivity contribution in [2.75, 3.05) is 7.11 Å². The van der Waals surface area contributed by atoms with E-state index in [4.69, 9.17) is 16.3 Å². The molecule has 2 nitrogen and oxygen atoms in total. The number of rotatable bonds is 3. The summed E-state index contributed by atoms with van der Waals surface area (Å²) < 4.78 is 30.0. The molecule has 0 unspecified atom stereocenters. The van der Waals surface area contributed by atoms with E-state index in [9.17, 15) is 13.6 Å². The third-order valence-corrected chi connectivity index (χ3v) is 2.36. The smallest absolute Gasteiger partial charge is 0.268 e. The molecule has 0 amide bonds. The molecule has 0 aromatic heterocycles. The average Bonchev–Trinajstić information content (AvgIpc) is 2.15. The summed E-state index contributed by atoms with van der Waals surface area (Å²) in [7, 11) is 1.27. The molecule has 0 heterocycles. The van der Waals surface area contributed by atoms with Gasteiger partial charge in [0.1, 0.15) is 5.75 Å². The van der Waals surface area contributed by atoms with Gasteiger partial charge in [-0.25, -0.2) is 8.78 Å². The molecular formula is C10H9ClF2O2. The van der Waals surface area contributed by atoms with E-state index >= 15 is 0 Å². The highest BCUT2D eigenvalue weighted by molar-refractivity contribution is 6.34. The zero-order chi connectivity index (χ0) is 11.6. The lowest BCUT2D eigenvalue weighted by Crippen LogP contribution is -2.00. The van der Waals surface area contributed by atoms with Crippen LogP contribution in [-0.4, -0.2) is 12.9 Å². The lowest BCUT2D eigenvalue weighted by atomic mass is 10.1. The Morgan fingerprint density at radius 2 is 2.07 bits per heavy atom. The number of benzene rings is 1. The summed E-state index contributed by atoms with van der Waals surface area (Å²) in [6.07, 6.45) is -2.77. The molecule has 0 radical (unpaired) electrons. The molecule has 0 aliphatic rings. The van der Waals surface area contributed by atoms with Crippen LogP contribution in [0.1, 0.15) is 29.3 Å². The molecule has 0 aliphatic heterocycles. The normalized spacial score (nSPS) is 10.5. The number of hydrogen-bond donors (Lipinski definition) is 0. The number of ether oxygens (including phenoxy) is 1. The fourth-order valence-corrected chi connectivity index (χ4v) is 1.60. The highest BCUT2D eigenvalue weighted by Gasteiger charge is 2.21. The van der Waals surface area contributed by atoms with Crippen LogP contribution in [0.4, 0.5) is 8.78 Å². The largest absolute Gasteiger partial charge is 0.496 e. The Labute approximate surface area is 90.8 Å². The van der Waals surface area contributed by atoms with E-state index < -0.39 is 12.0 Å². The monoisotopic (exact) mass is 234 g/mol. The first-order valence-electron chi connectivity index (χ1n) is 4.14. The molecule has 1 aromatic rings. The predicted molar refractivity (Wildman–Crippen MR) is 53.0 cm³/mol. The van der Waals surface area contributed by atoms with Crippen LogP contribution in [0.2, 0.25) is 5.02 Å². The van der Waals surface area contributed by atoms with Gasteiger partial charge < -0.3 is 4.74 Å². The predicted octanol–water partition coefficient (Wildman–Crippen LogP) is 3.49. The maximum atomic E-state index is 12.6. The fourth-order valence-electron chi connectivity index (χ4n) is 1.23. The van der Waals surface area contributed by atoms with Gasteiger partial charge in [0.15, 0.2) is 5.78 Å². The molecular weight excluding hydrogens is 226 g/mol. The second-order valence-electron chi connectivity index (χ2n) is 2.90. The summed E-state index contributed by atoms with van der Waals surface area (Å²) in [5.74, 6) is -0.371. The number of carbonyl (C=O) groups excluding carboxylic acids is 1. The summed E-state index contributed by atoms with van der Waals surface area (Å²) in [5.41, 5.74) is -0.361. The van der Waals surface area contributed by atoms with E-state index in [-0.39, 0.29) is 22.1 Å². The van der Waals surface area contributed by atoms with Gasteiger partial charge in [-0.3, -0.25) is 4.79 Å². The van der Waals surface area contributed by atoms with Crippen molar-refractivity contribution in [3.63, 3.8) is 0 Å². The van der Waals surface area contributed by atoms with E-state index in [1.165, 1.54) is 26.2 Å². The number of carbonyl (C=O) groups is 1. The van der Waals surface area contributed by atoms with Gasteiger partial charge in [0.05, 0.1) is 17.7 Å². The zero-order valence-electron chi connectivity index (χ0n) is 8.18. The Hall–Kier alpha value is -1.16. The van der Waals surface area contributed by atoms with Gasteiger partial charge in [0.25, 0.3) is 6.43 Å². The standard InChI is InChI=1S/C10H9ClF2O2/c1-5(14)6-3-4-7(15-2)8(9(6)11)10(12)13/h3-4,10H,1-2H3. The first-order valence-corrected chi connectivity index (χ1v) is 4.52. The molecule has 0 fully saturated rings. The lowest BCUT2D eigenvalue weighted by Gasteiger charge is -2.11. The summed E-state index contributed by atoms with van der Waals surface area (Å²) >= 11 is 5.70. The molecule has 0 atom stereocenters. The van der Waals surface area contributed by atoms with Gasteiger partial charge in [0.2, 0.25) is 0 Å². The van der Waals surface area contributed by atoms with Crippen molar-refractivity contribution in [1.29, 1.82) is 0 Å². The molecule has 5 heteroatoms. The summed E-state index contributed by atoms with van der Waals surface area (Å²) in [4.78, 5) is 11.1. The molecule has 15 heavy (non-hydrogen) atoms. The number of methoxy groups -OCH3 is 1. The van der Waals surface area contributed by atoms with Crippen LogP contribution in [-0.2, 0) is 0 Å². The van der Waals surface area contributed by atoms with Gasteiger partial charge in [-0.2, -0.15) is 0 Å². The van der Waals surface area contributed by atoms with Crippen LogP contribution in [0.25, 0.3) is 0 Å². The molecule has 0 bridgehead atoms. The van der Waals surface area contributed by atoms with Gasteiger partial charge in [-0.1, -0.05) is 11.6 Å². The van der Waals surface area contributed by atoms with Crippen molar-refractivity contribution in [3.8, 4) is 5.75 Å². The van der Waals surface area contributed by atoms with Crippen LogP contribution in [0, 0.1) is 0 Å². The van der Waals surface area contributed by atoms with Crippen molar-refractivity contribution in [3.05, 3.63) is 28.3 Å². The Balaban J connectivity index is 3.42. The molecule has 1 rings (SSSR count). The lowest BCUT2D eigenvalue weighted by molar-refractivity contribution is 0.101. The molecule has 0 aliphatic carbocycles. The van der Waals surface area contributed by atoms with Crippen LogP contribution in [0.5, 0.6) is 5.75 Å². The van der Waals surface area contributed by atoms with Crippen molar-refractivity contribution in [2.24, 2.45) is 0 Å². The second-order valence-corrected chi connectivity index (χ2v) is 3.28. The molecule has 0 saturated carbocycles. The fraction of sp³-hybridized carbons (Fsp3) is 0.300. The minimum absolute atomic E-state index is 0.0139. The van der Waals surface area contributed by atoms with E-state index in [0.717, 1.165) is 0 Å². The number of Topliss-reactive ketones (excluding diaryl/α,β-unsaturated/α-hetero) is 1. The quantitative estimate of drug-likeness (QED) is 0.749. The third kappa shape index (κ3) is 2.26.